The molecular weight excluding hydrogens is 359 g/mol. The molecule has 0 saturated carbocycles. The summed E-state index contributed by atoms with van der Waals surface area (Å²) < 4.78 is 14.3. The molecule has 2 rings (SSSR count). The van der Waals surface area contributed by atoms with Crippen molar-refractivity contribution in [3.63, 3.8) is 0 Å². The first-order chi connectivity index (χ1) is 8.49. The largest absolute Gasteiger partial charge is 0.207 e. The molecule has 0 aliphatic carbocycles. The highest BCUT2D eigenvalue weighted by atomic mass is 79.9. The number of hydrogen-bond donors (Lipinski definition) is 0. The predicted octanol–water partition coefficient (Wildman–Crippen LogP) is 5.69. The Bertz CT molecular complexity index is 579. The molecule has 0 aliphatic heterocycles. The van der Waals surface area contributed by atoms with E-state index in [0.29, 0.717) is 0 Å². The third-order valence-corrected chi connectivity index (χ3v) is 4.64. The SMILES string of the molecule is Cc1ccc(C(Br)c2cc(F)ccc2Br)c(C)c1. The van der Waals surface area contributed by atoms with Crippen LogP contribution in [0.3, 0.4) is 0 Å². The fraction of sp³-hybridized carbons (Fsp3) is 0.200. The quantitative estimate of drug-likeness (QED) is 0.595. The Balaban J connectivity index is 2.47. The second-order valence-corrected chi connectivity index (χ2v) is 6.16. The second-order valence-electron chi connectivity index (χ2n) is 4.39. The lowest BCUT2D eigenvalue weighted by Crippen LogP contribution is -1.98. The van der Waals surface area contributed by atoms with Gasteiger partial charge in [0.1, 0.15) is 5.82 Å². The summed E-state index contributed by atoms with van der Waals surface area (Å²) in [5.41, 5.74) is 4.50. The van der Waals surface area contributed by atoms with Crippen LogP contribution < -0.4 is 0 Å². The van der Waals surface area contributed by atoms with Gasteiger partial charge in [-0.1, -0.05) is 55.6 Å². The van der Waals surface area contributed by atoms with Gasteiger partial charge in [0.25, 0.3) is 0 Å². The number of benzene rings is 2. The number of hydrogen-bond acceptors (Lipinski definition) is 0. The summed E-state index contributed by atoms with van der Waals surface area (Å²) in [4.78, 5) is -0.0109. The van der Waals surface area contributed by atoms with Crippen LogP contribution in [0.1, 0.15) is 27.1 Å². The van der Waals surface area contributed by atoms with Crippen LogP contribution >= 0.6 is 31.9 Å². The highest BCUT2D eigenvalue weighted by Crippen LogP contribution is 2.37. The lowest BCUT2D eigenvalue weighted by Gasteiger charge is -2.16. The van der Waals surface area contributed by atoms with Crippen LogP contribution in [0.15, 0.2) is 40.9 Å². The van der Waals surface area contributed by atoms with Crippen LogP contribution in [0.25, 0.3) is 0 Å². The highest BCUT2D eigenvalue weighted by Gasteiger charge is 2.16. The van der Waals surface area contributed by atoms with Gasteiger partial charge in [0.2, 0.25) is 0 Å². The molecule has 2 aromatic rings. The van der Waals surface area contributed by atoms with Gasteiger partial charge in [-0.15, -0.1) is 0 Å². The zero-order valence-corrected chi connectivity index (χ0v) is 13.3. The molecule has 0 heterocycles. The lowest BCUT2D eigenvalue weighted by molar-refractivity contribution is 0.625. The van der Waals surface area contributed by atoms with E-state index in [9.17, 15) is 4.39 Å². The third-order valence-electron chi connectivity index (χ3n) is 2.93. The zero-order valence-electron chi connectivity index (χ0n) is 10.2. The molecule has 0 N–H and O–H groups in total. The standard InChI is InChI=1S/C15H13Br2F/c1-9-3-5-12(10(2)7-9)15(17)13-8-11(18)4-6-14(13)16/h3-8,15H,1-2H3. The van der Waals surface area contributed by atoms with E-state index in [1.54, 1.807) is 12.1 Å². The zero-order chi connectivity index (χ0) is 13.3. The summed E-state index contributed by atoms with van der Waals surface area (Å²) in [5, 5.41) is 0. The van der Waals surface area contributed by atoms with Crippen LogP contribution in [-0.2, 0) is 0 Å². The van der Waals surface area contributed by atoms with Crippen molar-refractivity contribution in [3.05, 3.63) is 68.9 Å². The molecule has 18 heavy (non-hydrogen) atoms. The molecule has 1 atom stereocenters. The van der Waals surface area contributed by atoms with Gasteiger partial charge in [-0.05, 0) is 48.7 Å². The van der Waals surface area contributed by atoms with Crippen LogP contribution in [-0.4, -0.2) is 0 Å². The Kier molecular flexibility index (Phi) is 4.23. The summed E-state index contributed by atoms with van der Waals surface area (Å²) in [6, 6.07) is 11.0. The number of alkyl halides is 1. The molecule has 94 valence electrons. The molecule has 0 radical (unpaired) electrons. The third kappa shape index (κ3) is 2.83. The summed E-state index contributed by atoms with van der Waals surface area (Å²) in [6.45, 7) is 4.14. The van der Waals surface area contributed by atoms with Crippen LogP contribution in [0, 0.1) is 19.7 Å². The van der Waals surface area contributed by atoms with Crippen molar-refractivity contribution in [2.75, 3.05) is 0 Å². The van der Waals surface area contributed by atoms with Crippen molar-refractivity contribution in [2.24, 2.45) is 0 Å². The molecular formula is C15H13Br2F. The molecule has 3 heteroatoms. The number of halogens is 3. The minimum atomic E-state index is -0.220. The predicted molar refractivity (Wildman–Crippen MR) is 80.8 cm³/mol. The second kappa shape index (κ2) is 5.54. The van der Waals surface area contributed by atoms with E-state index in [1.807, 2.05) is 0 Å². The molecule has 1 unspecified atom stereocenters. The van der Waals surface area contributed by atoms with E-state index >= 15 is 0 Å². The summed E-state index contributed by atoms with van der Waals surface area (Å²) in [5.74, 6) is -0.220. The molecule has 0 amide bonds. The Morgan fingerprint density at radius 1 is 1.00 bits per heavy atom. The van der Waals surface area contributed by atoms with Gasteiger partial charge < -0.3 is 0 Å². The topological polar surface area (TPSA) is 0 Å². The van der Waals surface area contributed by atoms with E-state index in [4.69, 9.17) is 0 Å². The highest BCUT2D eigenvalue weighted by molar-refractivity contribution is 9.11. The van der Waals surface area contributed by atoms with Crippen molar-refractivity contribution in [1.82, 2.24) is 0 Å². The van der Waals surface area contributed by atoms with Gasteiger partial charge in [0.05, 0.1) is 4.83 Å². The van der Waals surface area contributed by atoms with E-state index in [1.165, 1.54) is 17.2 Å². The molecule has 0 aromatic heterocycles. The van der Waals surface area contributed by atoms with Gasteiger partial charge in [0.15, 0.2) is 0 Å². The van der Waals surface area contributed by atoms with Gasteiger partial charge in [-0.2, -0.15) is 0 Å². The monoisotopic (exact) mass is 370 g/mol. The Hall–Kier alpha value is -0.670. The maximum atomic E-state index is 13.3. The average molecular weight is 372 g/mol. The molecule has 0 fully saturated rings. The first-order valence-corrected chi connectivity index (χ1v) is 7.36. The molecule has 0 aliphatic rings. The van der Waals surface area contributed by atoms with E-state index < -0.39 is 0 Å². The lowest BCUT2D eigenvalue weighted by atomic mass is 9.99. The van der Waals surface area contributed by atoms with Crippen molar-refractivity contribution >= 4 is 31.9 Å². The Morgan fingerprint density at radius 3 is 2.39 bits per heavy atom. The van der Waals surface area contributed by atoms with Gasteiger partial charge >= 0.3 is 0 Å². The first kappa shape index (κ1) is 13.8. The fourth-order valence-corrected chi connectivity index (χ4v) is 3.66. The maximum absolute atomic E-state index is 13.3. The van der Waals surface area contributed by atoms with Crippen LogP contribution in [0.2, 0.25) is 0 Å². The van der Waals surface area contributed by atoms with Gasteiger partial charge in [-0.25, -0.2) is 4.39 Å². The van der Waals surface area contributed by atoms with Gasteiger partial charge in [-0.3, -0.25) is 0 Å². The van der Waals surface area contributed by atoms with E-state index in [-0.39, 0.29) is 10.6 Å². The molecule has 0 bridgehead atoms. The van der Waals surface area contributed by atoms with Crippen molar-refractivity contribution in [2.45, 2.75) is 18.7 Å². The minimum Gasteiger partial charge on any atom is -0.207 e. The molecule has 0 saturated heterocycles. The Morgan fingerprint density at radius 2 is 1.72 bits per heavy atom. The molecule has 2 aromatic carbocycles. The summed E-state index contributed by atoms with van der Waals surface area (Å²) >= 11 is 7.13. The van der Waals surface area contributed by atoms with Crippen molar-refractivity contribution < 1.29 is 4.39 Å². The van der Waals surface area contributed by atoms with Gasteiger partial charge in [0, 0.05) is 4.47 Å². The van der Waals surface area contributed by atoms with Crippen LogP contribution in [0.5, 0.6) is 0 Å². The number of rotatable bonds is 2. The minimum absolute atomic E-state index is 0.0109. The molecule has 0 spiro atoms. The average Bonchev–Trinajstić information content (AvgIpc) is 2.31. The maximum Gasteiger partial charge on any atom is 0.123 e. The smallest absolute Gasteiger partial charge is 0.123 e. The van der Waals surface area contributed by atoms with E-state index in [0.717, 1.165) is 15.6 Å². The van der Waals surface area contributed by atoms with Crippen molar-refractivity contribution in [3.8, 4) is 0 Å². The van der Waals surface area contributed by atoms with Crippen LogP contribution in [0.4, 0.5) is 4.39 Å². The normalized spacial score (nSPS) is 12.5. The number of aryl methyl sites for hydroxylation is 2. The van der Waals surface area contributed by atoms with E-state index in [2.05, 4.69) is 63.9 Å². The molecule has 0 nitrogen and oxygen atoms in total. The fourth-order valence-electron chi connectivity index (χ4n) is 1.99. The Labute approximate surface area is 123 Å². The summed E-state index contributed by atoms with van der Waals surface area (Å²) in [7, 11) is 0. The first-order valence-electron chi connectivity index (χ1n) is 5.65. The summed E-state index contributed by atoms with van der Waals surface area (Å²) in [6.07, 6.45) is 0. The van der Waals surface area contributed by atoms with Crippen molar-refractivity contribution in [1.29, 1.82) is 0 Å².